The van der Waals surface area contributed by atoms with Gasteiger partial charge in [-0.1, -0.05) is 35.5 Å². The van der Waals surface area contributed by atoms with Crippen LogP contribution in [0.4, 0.5) is 0 Å². The van der Waals surface area contributed by atoms with Gasteiger partial charge in [0.15, 0.2) is 5.69 Å². The molecular formula is C13H13ClN2O2. The Morgan fingerprint density at radius 3 is 2.78 bits per heavy atom. The lowest BCUT2D eigenvalue weighted by Crippen LogP contribution is -2.27. The van der Waals surface area contributed by atoms with Crippen molar-refractivity contribution < 1.29 is 9.32 Å². The molecule has 2 aromatic rings. The number of hydrogen-bond acceptors (Lipinski definition) is 3. The average Bonchev–Trinajstić information content (AvgIpc) is 2.83. The normalized spacial score (nSPS) is 12.1. The summed E-state index contributed by atoms with van der Waals surface area (Å²) in [6, 6.07) is 11.2. The second kappa shape index (κ2) is 5.69. The summed E-state index contributed by atoms with van der Waals surface area (Å²) in [6.07, 6.45) is 0. The van der Waals surface area contributed by atoms with Crippen LogP contribution in [0.3, 0.4) is 0 Å². The largest absolute Gasteiger partial charge is 0.361 e. The van der Waals surface area contributed by atoms with E-state index >= 15 is 0 Å². The van der Waals surface area contributed by atoms with Gasteiger partial charge in [-0.25, -0.2) is 0 Å². The second-order valence-corrected chi connectivity index (χ2v) is 4.44. The van der Waals surface area contributed by atoms with Crippen molar-refractivity contribution in [1.82, 2.24) is 10.5 Å². The topological polar surface area (TPSA) is 55.1 Å². The van der Waals surface area contributed by atoms with Gasteiger partial charge in [-0.2, -0.15) is 0 Å². The highest BCUT2D eigenvalue weighted by molar-refractivity contribution is 6.21. The second-order valence-electron chi connectivity index (χ2n) is 3.91. The first-order valence-corrected chi connectivity index (χ1v) is 6.01. The van der Waals surface area contributed by atoms with E-state index in [0.717, 1.165) is 5.56 Å². The predicted molar refractivity (Wildman–Crippen MR) is 68.6 cm³/mol. The molecule has 94 valence electrons. The Balaban J connectivity index is 1.90. The first kappa shape index (κ1) is 12.6. The van der Waals surface area contributed by atoms with E-state index in [1.807, 2.05) is 30.3 Å². The SMILES string of the molecule is Cc1cc(C(=O)NCC(Cl)c2ccccc2)no1. The van der Waals surface area contributed by atoms with Crippen molar-refractivity contribution in [3.63, 3.8) is 0 Å². The highest BCUT2D eigenvalue weighted by atomic mass is 35.5. The van der Waals surface area contributed by atoms with E-state index < -0.39 is 0 Å². The maximum absolute atomic E-state index is 11.7. The quantitative estimate of drug-likeness (QED) is 0.864. The number of amides is 1. The number of carbonyl (C=O) groups is 1. The number of aryl methyl sites for hydroxylation is 1. The summed E-state index contributed by atoms with van der Waals surface area (Å²) in [4.78, 5) is 11.7. The van der Waals surface area contributed by atoms with E-state index in [9.17, 15) is 4.79 Å². The summed E-state index contributed by atoms with van der Waals surface area (Å²) in [7, 11) is 0. The highest BCUT2D eigenvalue weighted by Gasteiger charge is 2.13. The fourth-order valence-electron chi connectivity index (χ4n) is 1.53. The third kappa shape index (κ3) is 3.11. The minimum Gasteiger partial charge on any atom is -0.361 e. The first-order valence-electron chi connectivity index (χ1n) is 5.57. The number of rotatable bonds is 4. The van der Waals surface area contributed by atoms with Gasteiger partial charge in [0.25, 0.3) is 5.91 Å². The Hall–Kier alpha value is -1.81. The number of nitrogens with one attached hydrogen (secondary N) is 1. The predicted octanol–water partition coefficient (Wildman–Crippen LogP) is 2.69. The van der Waals surface area contributed by atoms with Crippen molar-refractivity contribution in [3.05, 3.63) is 53.4 Å². The molecule has 5 heteroatoms. The standard InChI is InChI=1S/C13H13ClN2O2/c1-9-7-12(16-18-9)13(17)15-8-11(14)10-5-3-2-4-6-10/h2-7,11H,8H2,1H3,(H,15,17). The lowest BCUT2D eigenvalue weighted by molar-refractivity contribution is 0.0944. The van der Waals surface area contributed by atoms with Crippen molar-refractivity contribution in [2.45, 2.75) is 12.3 Å². The molecule has 1 unspecified atom stereocenters. The van der Waals surface area contributed by atoms with Crippen LogP contribution in [0.2, 0.25) is 0 Å². The fraction of sp³-hybridized carbons (Fsp3) is 0.231. The van der Waals surface area contributed by atoms with E-state index in [1.165, 1.54) is 0 Å². The van der Waals surface area contributed by atoms with E-state index in [4.69, 9.17) is 16.1 Å². The molecular weight excluding hydrogens is 252 g/mol. The van der Waals surface area contributed by atoms with Gasteiger partial charge >= 0.3 is 0 Å². The lowest BCUT2D eigenvalue weighted by Gasteiger charge is -2.10. The summed E-state index contributed by atoms with van der Waals surface area (Å²) >= 11 is 6.18. The summed E-state index contributed by atoms with van der Waals surface area (Å²) in [5.41, 5.74) is 1.24. The smallest absolute Gasteiger partial charge is 0.273 e. The molecule has 0 aliphatic carbocycles. The van der Waals surface area contributed by atoms with Gasteiger partial charge in [-0.3, -0.25) is 4.79 Å². The average molecular weight is 265 g/mol. The van der Waals surface area contributed by atoms with Crippen molar-refractivity contribution in [3.8, 4) is 0 Å². The Bertz CT molecular complexity index is 525. The number of carbonyl (C=O) groups excluding carboxylic acids is 1. The molecule has 1 aromatic carbocycles. The van der Waals surface area contributed by atoms with Gasteiger partial charge in [0.1, 0.15) is 5.76 Å². The zero-order valence-corrected chi connectivity index (χ0v) is 10.6. The van der Waals surface area contributed by atoms with Crippen LogP contribution in [0, 0.1) is 6.92 Å². The molecule has 0 aliphatic rings. The first-order chi connectivity index (χ1) is 8.66. The third-order valence-electron chi connectivity index (χ3n) is 2.46. The molecule has 1 amide bonds. The van der Waals surface area contributed by atoms with Crippen LogP contribution < -0.4 is 5.32 Å². The van der Waals surface area contributed by atoms with Crippen molar-refractivity contribution >= 4 is 17.5 Å². The zero-order valence-electron chi connectivity index (χ0n) is 9.89. The van der Waals surface area contributed by atoms with Gasteiger partial charge in [0.05, 0.1) is 5.38 Å². The molecule has 18 heavy (non-hydrogen) atoms. The maximum Gasteiger partial charge on any atom is 0.273 e. The minimum atomic E-state index is -0.284. The molecule has 0 radical (unpaired) electrons. The van der Waals surface area contributed by atoms with Crippen LogP contribution in [0.5, 0.6) is 0 Å². The summed E-state index contributed by atoms with van der Waals surface area (Å²) < 4.78 is 4.83. The van der Waals surface area contributed by atoms with Crippen molar-refractivity contribution in [1.29, 1.82) is 0 Å². The van der Waals surface area contributed by atoms with Gasteiger partial charge < -0.3 is 9.84 Å². The fourth-order valence-corrected chi connectivity index (χ4v) is 1.75. The molecule has 1 N–H and O–H groups in total. The Morgan fingerprint density at radius 1 is 1.44 bits per heavy atom. The van der Waals surface area contributed by atoms with Crippen LogP contribution in [-0.2, 0) is 0 Å². The van der Waals surface area contributed by atoms with Gasteiger partial charge in [-0.15, -0.1) is 11.6 Å². The molecule has 1 aromatic heterocycles. The monoisotopic (exact) mass is 264 g/mol. The third-order valence-corrected chi connectivity index (χ3v) is 2.87. The molecule has 2 rings (SSSR count). The number of hydrogen-bond donors (Lipinski definition) is 1. The summed E-state index contributed by atoms with van der Waals surface area (Å²) in [5.74, 6) is 0.319. The molecule has 4 nitrogen and oxygen atoms in total. The zero-order chi connectivity index (χ0) is 13.0. The van der Waals surface area contributed by atoms with E-state index in [2.05, 4.69) is 10.5 Å². The Kier molecular flexibility index (Phi) is 3.99. The lowest BCUT2D eigenvalue weighted by atomic mass is 10.1. The van der Waals surface area contributed by atoms with Crippen LogP contribution in [0.1, 0.15) is 27.2 Å². The van der Waals surface area contributed by atoms with Crippen LogP contribution in [0.15, 0.2) is 40.9 Å². The molecule has 0 spiro atoms. The number of halogens is 1. The van der Waals surface area contributed by atoms with E-state index in [1.54, 1.807) is 13.0 Å². The van der Waals surface area contributed by atoms with E-state index in [0.29, 0.717) is 12.3 Å². The van der Waals surface area contributed by atoms with Gasteiger partial charge in [-0.05, 0) is 12.5 Å². The number of benzene rings is 1. The molecule has 1 heterocycles. The molecule has 1 atom stereocenters. The van der Waals surface area contributed by atoms with Crippen LogP contribution in [0.25, 0.3) is 0 Å². The molecule has 0 fully saturated rings. The Labute approximate surface area is 110 Å². The number of aromatic nitrogens is 1. The van der Waals surface area contributed by atoms with Crippen LogP contribution >= 0.6 is 11.6 Å². The maximum atomic E-state index is 11.7. The number of alkyl halides is 1. The van der Waals surface area contributed by atoms with E-state index in [-0.39, 0.29) is 17.0 Å². The van der Waals surface area contributed by atoms with Crippen molar-refractivity contribution in [2.24, 2.45) is 0 Å². The van der Waals surface area contributed by atoms with Crippen molar-refractivity contribution in [2.75, 3.05) is 6.54 Å². The van der Waals surface area contributed by atoms with Gasteiger partial charge in [0.2, 0.25) is 0 Å². The Morgan fingerprint density at radius 2 is 2.17 bits per heavy atom. The summed E-state index contributed by atoms with van der Waals surface area (Å²) in [6.45, 7) is 2.08. The molecule has 0 bridgehead atoms. The number of nitrogens with zero attached hydrogens (tertiary/aromatic N) is 1. The van der Waals surface area contributed by atoms with Crippen LogP contribution in [-0.4, -0.2) is 17.6 Å². The molecule has 0 aliphatic heterocycles. The molecule has 0 saturated carbocycles. The summed E-state index contributed by atoms with van der Waals surface area (Å²) in [5, 5.41) is 6.09. The highest BCUT2D eigenvalue weighted by Crippen LogP contribution is 2.18. The molecule has 0 saturated heterocycles. The van der Waals surface area contributed by atoms with Gasteiger partial charge in [0, 0.05) is 12.6 Å². The minimum absolute atomic E-state index is 0.261.